The van der Waals surface area contributed by atoms with Crippen LogP contribution in [0.2, 0.25) is 0 Å². The first kappa shape index (κ1) is 25.5. The highest BCUT2D eigenvalue weighted by molar-refractivity contribution is 5.81. The summed E-state index contributed by atoms with van der Waals surface area (Å²) in [5.41, 5.74) is 0.925. The first-order chi connectivity index (χ1) is 18.4. The monoisotopic (exact) mass is 519 g/mol. The zero-order valence-corrected chi connectivity index (χ0v) is 21.9. The minimum Gasteiger partial charge on any atom is -0.454 e. The molecule has 0 bridgehead atoms. The predicted molar refractivity (Wildman–Crippen MR) is 140 cm³/mol. The van der Waals surface area contributed by atoms with E-state index < -0.39 is 0 Å². The molecular weight excluding hydrogens is 486 g/mol. The van der Waals surface area contributed by atoms with Crippen LogP contribution in [0.3, 0.4) is 0 Å². The Morgan fingerprint density at radius 3 is 2.74 bits per heavy atom. The minimum atomic E-state index is -0.283. The lowest BCUT2D eigenvalue weighted by atomic mass is 10.0. The molecule has 0 aliphatic carbocycles. The van der Waals surface area contributed by atoms with Gasteiger partial charge in [0.25, 0.3) is 0 Å². The Morgan fingerprint density at radius 2 is 1.95 bits per heavy atom. The third kappa shape index (κ3) is 5.71. The average Bonchev–Trinajstić information content (AvgIpc) is 3.60. The van der Waals surface area contributed by atoms with E-state index in [9.17, 15) is 9.59 Å². The van der Waals surface area contributed by atoms with Crippen molar-refractivity contribution in [2.45, 2.75) is 45.8 Å². The van der Waals surface area contributed by atoms with Gasteiger partial charge in [0, 0.05) is 50.6 Å². The molecule has 0 saturated carbocycles. The van der Waals surface area contributed by atoms with Crippen LogP contribution in [0, 0.1) is 5.92 Å². The quantitative estimate of drug-likeness (QED) is 0.483. The molecule has 2 atom stereocenters. The van der Waals surface area contributed by atoms with Crippen molar-refractivity contribution in [3.8, 4) is 11.5 Å². The molecule has 38 heavy (non-hydrogen) atoms. The zero-order valence-electron chi connectivity index (χ0n) is 21.9. The fourth-order valence-electron chi connectivity index (χ4n) is 4.82. The molecule has 4 heterocycles. The number of imidazole rings is 1. The number of nitrogens with zero attached hydrogens (tertiary/aromatic N) is 6. The van der Waals surface area contributed by atoms with E-state index in [1.807, 2.05) is 60.7 Å². The van der Waals surface area contributed by atoms with Gasteiger partial charge in [0.05, 0.1) is 25.0 Å². The fraction of sp³-hybridized carbons (Fsp3) is 0.444. The molecule has 11 heteroatoms. The SMILES string of the molecule is CC(C)C(=O)N1CCN(c2ccnc(Cn3ccnc3)n2)CC1CC(=O)NC(C)c1ccc2c(c1)OCO2. The number of amides is 2. The topological polar surface area (TPSA) is 115 Å². The van der Waals surface area contributed by atoms with Crippen LogP contribution in [0.15, 0.2) is 49.2 Å². The van der Waals surface area contributed by atoms with Gasteiger partial charge < -0.3 is 29.2 Å². The van der Waals surface area contributed by atoms with E-state index in [0.29, 0.717) is 43.5 Å². The third-order valence-electron chi connectivity index (χ3n) is 6.85. The van der Waals surface area contributed by atoms with Crippen LogP contribution >= 0.6 is 0 Å². The van der Waals surface area contributed by atoms with Gasteiger partial charge >= 0.3 is 0 Å². The van der Waals surface area contributed by atoms with E-state index in [1.54, 1.807) is 18.7 Å². The van der Waals surface area contributed by atoms with Crippen molar-refractivity contribution in [3.63, 3.8) is 0 Å². The summed E-state index contributed by atoms with van der Waals surface area (Å²) >= 11 is 0. The van der Waals surface area contributed by atoms with Crippen LogP contribution in [0.5, 0.6) is 11.5 Å². The van der Waals surface area contributed by atoms with Crippen molar-refractivity contribution in [1.29, 1.82) is 0 Å². The first-order valence-electron chi connectivity index (χ1n) is 12.9. The van der Waals surface area contributed by atoms with Crippen molar-refractivity contribution >= 4 is 17.6 Å². The van der Waals surface area contributed by atoms with E-state index in [4.69, 9.17) is 14.5 Å². The molecule has 3 aromatic rings. The number of nitrogens with one attached hydrogen (secondary N) is 1. The number of carbonyl (C=O) groups excluding carboxylic acids is 2. The maximum atomic E-state index is 13.2. The predicted octanol–water partition coefficient (Wildman–Crippen LogP) is 2.39. The van der Waals surface area contributed by atoms with Crippen molar-refractivity contribution in [2.75, 3.05) is 31.3 Å². The summed E-state index contributed by atoms with van der Waals surface area (Å²) in [7, 11) is 0. The fourth-order valence-corrected chi connectivity index (χ4v) is 4.82. The van der Waals surface area contributed by atoms with Gasteiger partial charge in [-0.2, -0.15) is 0 Å². The van der Waals surface area contributed by atoms with Crippen LogP contribution < -0.4 is 19.7 Å². The van der Waals surface area contributed by atoms with Gasteiger partial charge in [-0.3, -0.25) is 9.59 Å². The summed E-state index contributed by atoms with van der Waals surface area (Å²) in [5, 5.41) is 3.09. The lowest BCUT2D eigenvalue weighted by molar-refractivity contribution is -0.138. The number of benzene rings is 1. The molecule has 1 aromatic carbocycles. The molecule has 2 aromatic heterocycles. The summed E-state index contributed by atoms with van der Waals surface area (Å²) in [6.07, 6.45) is 7.25. The molecule has 2 aliphatic rings. The van der Waals surface area contributed by atoms with Crippen molar-refractivity contribution < 1.29 is 19.1 Å². The average molecular weight is 520 g/mol. The normalized spacial score (nSPS) is 17.5. The standard InChI is InChI=1S/C27H33N7O4/c1-18(2)27(36)34-11-10-33(25-6-7-29-24(31-25)15-32-9-8-28-16-32)14-21(34)13-26(35)30-19(3)20-4-5-22-23(12-20)38-17-37-22/h4-9,12,16,18-19,21H,10-11,13-15,17H2,1-3H3,(H,30,35). The Labute approximate surface area is 221 Å². The molecule has 2 unspecified atom stereocenters. The number of piperazine rings is 1. The number of rotatable bonds is 8. The van der Waals surface area contributed by atoms with Crippen LogP contribution in [0.25, 0.3) is 0 Å². The number of hydrogen-bond acceptors (Lipinski definition) is 8. The van der Waals surface area contributed by atoms with Gasteiger partial charge in [0.15, 0.2) is 11.5 Å². The molecule has 2 aliphatic heterocycles. The molecule has 2 amide bonds. The van der Waals surface area contributed by atoms with Crippen LogP contribution in [-0.2, 0) is 16.1 Å². The Kier molecular flexibility index (Phi) is 7.43. The number of ether oxygens (including phenoxy) is 2. The molecule has 1 saturated heterocycles. The Hall–Kier alpha value is -4.15. The Bertz CT molecular complexity index is 1280. The van der Waals surface area contributed by atoms with E-state index in [0.717, 1.165) is 11.4 Å². The maximum Gasteiger partial charge on any atom is 0.231 e. The second-order valence-electron chi connectivity index (χ2n) is 9.96. The van der Waals surface area contributed by atoms with Crippen molar-refractivity contribution in [3.05, 3.63) is 60.6 Å². The smallest absolute Gasteiger partial charge is 0.231 e. The van der Waals surface area contributed by atoms with Crippen molar-refractivity contribution in [2.24, 2.45) is 5.92 Å². The highest BCUT2D eigenvalue weighted by Gasteiger charge is 2.34. The van der Waals surface area contributed by atoms with Gasteiger partial charge in [-0.25, -0.2) is 15.0 Å². The minimum absolute atomic E-state index is 0.0507. The molecule has 1 fully saturated rings. The van der Waals surface area contributed by atoms with E-state index in [-0.39, 0.29) is 43.0 Å². The Balaban J connectivity index is 1.28. The molecule has 0 spiro atoms. The second-order valence-corrected chi connectivity index (χ2v) is 9.96. The second kappa shape index (κ2) is 11.1. The summed E-state index contributed by atoms with van der Waals surface area (Å²) in [5.74, 6) is 2.62. The van der Waals surface area contributed by atoms with Gasteiger partial charge in [-0.15, -0.1) is 0 Å². The number of anilines is 1. The van der Waals surface area contributed by atoms with Gasteiger partial charge in [0.2, 0.25) is 18.6 Å². The highest BCUT2D eigenvalue weighted by Crippen LogP contribution is 2.34. The van der Waals surface area contributed by atoms with E-state index in [2.05, 4.69) is 20.2 Å². The van der Waals surface area contributed by atoms with Crippen LogP contribution in [0.1, 0.15) is 44.6 Å². The molecular formula is C27H33N7O4. The lowest BCUT2D eigenvalue weighted by Gasteiger charge is -2.42. The summed E-state index contributed by atoms with van der Waals surface area (Å²) in [6.45, 7) is 8.09. The number of aromatic nitrogens is 4. The largest absolute Gasteiger partial charge is 0.454 e. The van der Waals surface area contributed by atoms with E-state index in [1.165, 1.54) is 0 Å². The third-order valence-corrected chi connectivity index (χ3v) is 6.85. The summed E-state index contributed by atoms with van der Waals surface area (Å²) in [6, 6.07) is 7.03. The van der Waals surface area contributed by atoms with Gasteiger partial charge in [-0.1, -0.05) is 19.9 Å². The van der Waals surface area contributed by atoms with E-state index >= 15 is 0 Å². The summed E-state index contributed by atoms with van der Waals surface area (Å²) in [4.78, 5) is 43.4. The first-order valence-corrected chi connectivity index (χ1v) is 12.9. The number of hydrogen-bond donors (Lipinski definition) is 1. The molecule has 0 radical (unpaired) electrons. The van der Waals surface area contributed by atoms with Crippen molar-refractivity contribution in [1.82, 2.24) is 29.7 Å². The lowest BCUT2D eigenvalue weighted by Crippen LogP contribution is -2.57. The Morgan fingerprint density at radius 1 is 1.11 bits per heavy atom. The molecule has 1 N–H and O–H groups in total. The number of carbonyl (C=O) groups is 2. The molecule has 5 rings (SSSR count). The number of fused-ring (bicyclic) bond motifs is 1. The summed E-state index contributed by atoms with van der Waals surface area (Å²) < 4.78 is 12.8. The van der Waals surface area contributed by atoms with Gasteiger partial charge in [-0.05, 0) is 30.7 Å². The molecule has 11 nitrogen and oxygen atoms in total. The molecule has 200 valence electrons. The van der Waals surface area contributed by atoms with Crippen LogP contribution in [-0.4, -0.2) is 68.7 Å². The maximum absolute atomic E-state index is 13.2. The van der Waals surface area contributed by atoms with Gasteiger partial charge in [0.1, 0.15) is 11.6 Å². The zero-order chi connectivity index (χ0) is 26.6. The highest BCUT2D eigenvalue weighted by atomic mass is 16.7. The van der Waals surface area contributed by atoms with Crippen LogP contribution in [0.4, 0.5) is 5.82 Å².